The van der Waals surface area contributed by atoms with Gasteiger partial charge >= 0.3 is 5.97 Å². The Hall–Kier alpha value is -2.55. The average Bonchev–Trinajstić information content (AvgIpc) is 2.62. The number of methoxy groups -OCH3 is 1. The number of hydrogen-bond donors (Lipinski definition) is 0. The monoisotopic (exact) mass is 324 g/mol. The second kappa shape index (κ2) is 8.92. The Balaban J connectivity index is 1.79. The van der Waals surface area contributed by atoms with Crippen LogP contribution in [0.3, 0.4) is 0 Å². The smallest absolute Gasteiger partial charge is 0.333 e. The van der Waals surface area contributed by atoms with Gasteiger partial charge in [0.1, 0.15) is 5.75 Å². The Morgan fingerprint density at radius 2 is 1.54 bits per heavy atom. The van der Waals surface area contributed by atoms with E-state index in [9.17, 15) is 4.79 Å². The van der Waals surface area contributed by atoms with Crippen LogP contribution in [-0.2, 0) is 16.0 Å². The second-order valence-electron chi connectivity index (χ2n) is 5.80. The van der Waals surface area contributed by atoms with E-state index in [2.05, 4.69) is 43.0 Å². The Labute approximate surface area is 143 Å². The molecule has 0 fully saturated rings. The lowest BCUT2D eigenvalue weighted by atomic mass is 10.0. The molecule has 3 nitrogen and oxygen atoms in total. The maximum Gasteiger partial charge on any atom is 0.333 e. The molecule has 0 heterocycles. The molecule has 0 bridgehead atoms. The number of esters is 1. The molecule has 0 saturated carbocycles. The highest BCUT2D eigenvalue weighted by Gasteiger charge is 2.03. The van der Waals surface area contributed by atoms with E-state index in [1.165, 1.54) is 16.7 Å². The molecule has 2 aromatic rings. The summed E-state index contributed by atoms with van der Waals surface area (Å²) in [4.78, 5) is 11.3. The molecule has 2 rings (SSSR count). The van der Waals surface area contributed by atoms with Crippen LogP contribution in [0.25, 0.3) is 11.1 Å². The molecule has 3 heteroatoms. The molecule has 24 heavy (non-hydrogen) atoms. The summed E-state index contributed by atoms with van der Waals surface area (Å²) in [5.74, 6) is 0.557. The number of rotatable bonds is 8. The average molecular weight is 324 g/mol. The number of unbranched alkanes of at least 4 members (excludes halogenated alkanes) is 1. The molecular weight excluding hydrogens is 300 g/mol. The van der Waals surface area contributed by atoms with Crippen LogP contribution in [0, 0.1) is 0 Å². The molecule has 0 aliphatic rings. The third-order valence-electron chi connectivity index (χ3n) is 3.82. The van der Waals surface area contributed by atoms with E-state index in [1.54, 1.807) is 14.0 Å². The lowest BCUT2D eigenvalue weighted by Crippen LogP contribution is -2.06. The topological polar surface area (TPSA) is 35.5 Å². The van der Waals surface area contributed by atoms with Crippen LogP contribution in [0.5, 0.6) is 5.75 Å². The fraction of sp³-hybridized carbons (Fsp3) is 0.286. The largest absolute Gasteiger partial charge is 0.497 e. The molecule has 0 aliphatic carbocycles. The Morgan fingerprint density at radius 3 is 2.08 bits per heavy atom. The van der Waals surface area contributed by atoms with Gasteiger partial charge in [0.05, 0.1) is 13.7 Å². The molecule has 0 aromatic heterocycles. The Bertz CT molecular complexity index is 669. The van der Waals surface area contributed by atoms with Crippen molar-refractivity contribution >= 4 is 5.97 Å². The number of carbonyl (C=O) groups excluding carboxylic acids is 1. The normalized spacial score (nSPS) is 10.2. The standard InChI is InChI=1S/C21H24O3/c1-16(2)21(22)24-15-5-4-6-17-7-9-18(10-8-17)19-11-13-20(23-3)14-12-19/h7-14H,1,4-6,15H2,2-3H3. The first-order valence-electron chi connectivity index (χ1n) is 8.16. The molecule has 0 unspecified atom stereocenters. The highest BCUT2D eigenvalue weighted by molar-refractivity contribution is 5.86. The zero-order chi connectivity index (χ0) is 17.4. The van der Waals surface area contributed by atoms with Crippen molar-refractivity contribution in [2.24, 2.45) is 0 Å². The first kappa shape index (κ1) is 17.8. The van der Waals surface area contributed by atoms with Crippen molar-refractivity contribution in [3.05, 3.63) is 66.2 Å². The molecule has 0 saturated heterocycles. The first-order chi connectivity index (χ1) is 11.6. The summed E-state index contributed by atoms with van der Waals surface area (Å²) in [5, 5.41) is 0. The third-order valence-corrected chi connectivity index (χ3v) is 3.82. The summed E-state index contributed by atoms with van der Waals surface area (Å²) in [5.41, 5.74) is 4.11. The molecule has 0 aliphatic heterocycles. The van der Waals surface area contributed by atoms with Crippen LogP contribution in [-0.4, -0.2) is 19.7 Å². The quantitative estimate of drug-likeness (QED) is 0.397. The van der Waals surface area contributed by atoms with Crippen LogP contribution < -0.4 is 4.74 Å². The van der Waals surface area contributed by atoms with Crippen molar-refractivity contribution in [3.8, 4) is 16.9 Å². The van der Waals surface area contributed by atoms with Gasteiger partial charge in [-0.05, 0) is 55.0 Å². The Morgan fingerprint density at radius 1 is 0.958 bits per heavy atom. The third kappa shape index (κ3) is 5.27. The highest BCUT2D eigenvalue weighted by Crippen LogP contribution is 2.23. The summed E-state index contributed by atoms with van der Waals surface area (Å²) < 4.78 is 10.3. The second-order valence-corrected chi connectivity index (χ2v) is 5.80. The summed E-state index contributed by atoms with van der Waals surface area (Å²) in [6.45, 7) is 5.68. The van der Waals surface area contributed by atoms with Crippen molar-refractivity contribution in [2.45, 2.75) is 26.2 Å². The number of ether oxygens (including phenoxy) is 2. The summed E-state index contributed by atoms with van der Waals surface area (Å²) in [6, 6.07) is 16.6. The fourth-order valence-electron chi connectivity index (χ4n) is 2.37. The van der Waals surface area contributed by atoms with Crippen LogP contribution >= 0.6 is 0 Å². The van der Waals surface area contributed by atoms with Crippen molar-refractivity contribution < 1.29 is 14.3 Å². The van der Waals surface area contributed by atoms with Crippen molar-refractivity contribution in [1.82, 2.24) is 0 Å². The van der Waals surface area contributed by atoms with E-state index in [1.807, 2.05) is 12.1 Å². The van der Waals surface area contributed by atoms with E-state index in [4.69, 9.17) is 9.47 Å². The van der Waals surface area contributed by atoms with Crippen LogP contribution in [0.1, 0.15) is 25.3 Å². The molecule has 0 N–H and O–H groups in total. The van der Waals surface area contributed by atoms with Gasteiger partial charge in [0, 0.05) is 5.57 Å². The van der Waals surface area contributed by atoms with E-state index >= 15 is 0 Å². The van der Waals surface area contributed by atoms with E-state index in [0.29, 0.717) is 12.2 Å². The number of hydrogen-bond acceptors (Lipinski definition) is 3. The van der Waals surface area contributed by atoms with Crippen LogP contribution in [0.4, 0.5) is 0 Å². The minimum absolute atomic E-state index is 0.307. The summed E-state index contributed by atoms with van der Waals surface area (Å²) in [7, 11) is 1.67. The number of carbonyl (C=O) groups is 1. The van der Waals surface area contributed by atoms with Gasteiger partial charge in [-0.1, -0.05) is 43.0 Å². The van der Waals surface area contributed by atoms with Gasteiger partial charge in [0.25, 0.3) is 0 Å². The van der Waals surface area contributed by atoms with Gasteiger partial charge in [-0.15, -0.1) is 0 Å². The molecule has 0 amide bonds. The van der Waals surface area contributed by atoms with Gasteiger partial charge in [-0.2, -0.15) is 0 Å². The molecular formula is C21H24O3. The molecule has 126 valence electrons. The highest BCUT2D eigenvalue weighted by atomic mass is 16.5. The van der Waals surface area contributed by atoms with E-state index < -0.39 is 0 Å². The minimum Gasteiger partial charge on any atom is -0.497 e. The lowest BCUT2D eigenvalue weighted by Gasteiger charge is -2.07. The number of aryl methyl sites for hydroxylation is 1. The summed E-state index contributed by atoms with van der Waals surface area (Å²) >= 11 is 0. The molecule has 2 aromatic carbocycles. The van der Waals surface area contributed by atoms with Gasteiger partial charge in [0.2, 0.25) is 0 Å². The molecule has 0 radical (unpaired) electrons. The SMILES string of the molecule is C=C(C)C(=O)OCCCCc1ccc(-c2ccc(OC)cc2)cc1. The molecule has 0 spiro atoms. The van der Waals surface area contributed by atoms with Gasteiger partial charge in [-0.3, -0.25) is 0 Å². The predicted octanol–water partition coefficient (Wildman–Crippen LogP) is 4.80. The van der Waals surface area contributed by atoms with Crippen molar-refractivity contribution in [1.29, 1.82) is 0 Å². The predicted molar refractivity (Wildman–Crippen MR) is 97.1 cm³/mol. The summed E-state index contributed by atoms with van der Waals surface area (Å²) in [6.07, 6.45) is 2.83. The maximum absolute atomic E-state index is 11.3. The van der Waals surface area contributed by atoms with Crippen LogP contribution in [0.15, 0.2) is 60.7 Å². The Kier molecular flexibility index (Phi) is 6.62. The van der Waals surface area contributed by atoms with Crippen molar-refractivity contribution in [3.63, 3.8) is 0 Å². The lowest BCUT2D eigenvalue weighted by molar-refractivity contribution is -0.139. The number of benzene rings is 2. The fourth-order valence-corrected chi connectivity index (χ4v) is 2.37. The minimum atomic E-state index is -0.307. The van der Waals surface area contributed by atoms with Gasteiger partial charge in [-0.25, -0.2) is 4.79 Å². The zero-order valence-electron chi connectivity index (χ0n) is 14.4. The van der Waals surface area contributed by atoms with E-state index in [-0.39, 0.29) is 5.97 Å². The van der Waals surface area contributed by atoms with Gasteiger partial charge < -0.3 is 9.47 Å². The van der Waals surface area contributed by atoms with Gasteiger partial charge in [0.15, 0.2) is 0 Å². The van der Waals surface area contributed by atoms with E-state index in [0.717, 1.165) is 25.0 Å². The van der Waals surface area contributed by atoms with Crippen LogP contribution in [0.2, 0.25) is 0 Å². The molecule has 0 atom stereocenters. The first-order valence-corrected chi connectivity index (χ1v) is 8.16. The zero-order valence-corrected chi connectivity index (χ0v) is 14.4. The van der Waals surface area contributed by atoms with Crippen molar-refractivity contribution in [2.75, 3.05) is 13.7 Å². The maximum atomic E-state index is 11.3.